The Morgan fingerprint density at radius 1 is 1.03 bits per heavy atom. The number of fused-ring (bicyclic) bond motifs is 2. The van der Waals surface area contributed by atoms with E-state index >= 15 is 0 Å². The molecule has 0 bridgehead atoms. The van der Waals surface area contributed by atoms with Crippen molar-refractivity contribution in [1.29, 1.82) is 0 Å². The minimum atomic E-state index is -0.144. The fraction of sp³-hybridized carbons (Fsp3) is 0.269. The lowest BCUT2D eigenvalue weighted by Crippen LogP contribution is -2.45. The van der Waals surface area contributed by atoms with E-state index in [-0.39, 0.29) is 6.03 Å². The minimum Gasteiger partial charge on any atom is -0.497 e. The molecular weight excluding hydrogens is 428 g/mol. The molecule has 2 aromatic carbocycles. The van der Waals surface area contributed by atoms with E-state index in [2.05, 4.69) is 16.5 Å². The van der Waals surface area contributed by atoms with Crippen LogP contribution in [0.5, 0.6) is 5.75 Å². The van der Waals surface area contributed by atoms with Crippen LogP contribution in [0.4, 0.5) is 27.8 Å². The SMILES string of the molecule is COc1ccc(N2C(=O)N(c3ccc4nn(C)cc4c3)Cc3ccc(NC4CCC4)nc32)cc1. The molecule has 8 heteroatoms. The molecule has 0 atom stereocenters. The highest BCUT2D eigenvalue weighted by Crippen LogP contribution is 2.38. The topological polar surface area (TPSA) is 75.5 Å². The van der Waals surface area contributed by atoms with Gasteiger partial charge in [0.2, 0.25) is 0 Å². The smallest absolute Gasteiger partial charge is 0.335 e. The Kier molecular flexibility index (Phi) is 4.86. The number of aromatic nitrogens is 3. The third-order valence-corrected chi connectivity index (χ3v) is 6.62. The van der Waals surface area contributed by atoms with Gasteiger partial charge in [-0.3, -0.25) is 9.58 Å². The van der Waals surface area contributed by atoms with Gasteiger partial charge in [-0.2, -0.15) is 5.10 Å². The summed E-state index contributed by atoms with van der Waals surface area (Å²) in [6.45, 7) is 0.448. The fourth-order valence-corrected chi connectivity index (χ4v) is 4.56. The van der Waals surface area contributed by atoms with Crippen LogP contribution in [0.2, 0.25) is 0 Å². The number of hydrogen-bond donors (Lipinski definition) is 1. The van der Waals surface area contributed by atoms with E-state index in [1.54, 1.807) is 21.6 Å². The van der Waals surface area contributed by atoms with Crippen LogP contribution < -0.4 is 19.9 Å². The first-order valence-electron chi connectivity index (χ1n) is 11.5. The predicted octanol–water partition coefficient (Wildman–Crippen LogP) is 5.22. The molecular formula is C26H26N6O2. The molecule has 6 rings (SSSR count). The largest absolute Gasteiger partial charge is 0.497 e. The van der Waals surface area contributed by atoms with Crippen molar-refractivity contribution >= 4 is 39.9 Å². The first kappa shape index (κ1) is 20.5. The van der Waals surface area contributed by atoms with Gasteiger partial charge in [-0.25, -0.2) is 14.7 Å². The number of carbonyl (C=O) groups is 1. The van der Waals surface area contributed by atoms with Gasteiger partial charge in [0.15, 0.2) is 0 Å². The van der Waals surface area contributed by atoms with Crippen LogP contribution in [-0.4, -0.2) is 33.9 Å². The first-order chi connectivity index (χ1) is 16.6. The molecule has 3 heterocycles. The number of pyridine rings is 1. The molecule has 0 saturated heterocycles. The van der Waals surface area contributed by atoms with Crippen LogP contribution in [0, 0.1) is 0 Å². The third kappa shape index (κ3) is 3.51. The van der Waals surface area contributed by atoms with Crippen molar-refractivity contribution in [2.75, 3.05) is 22.2 Å². The normalized spacial score (nSPS) is 15.9. The van der Waals surface area contributed by atoms with Crippen LogP contribution in [0.1, 0.15) is 24.8 Å². The molecule has 2 aliphatic rings. The summed E-state index contributed by atoms with van der Waals surface area (Å²) >= 11 is 0. The zero-order valence-electron chi connectivity index (χ0n) is 19.2. The van der Waals surface area contributed by atoms with Crippen LogP contribution >= 0.6 is 0 Å². The van der Waals surface area contributed by atoms with E-state index < -0.39 is 0 Å². The fourth-order valence-electron chi connectivity index (χ4n) is 4.56. The number of hydrogen-bond acceptors (Lipinski definition) is 5. The summed E-state index contributed by atoms with van der Waals surface area (Å²) in [5, 5.41) is 8.95. The number of ether oxygens (including phenoxy) is 1. The van der Waals surface area contributed by atoms with Gasteiger partial charge in [-0.1, -0.05) is 0 Å². The van der Waals surface area contributed by atoms with Gasteiger partial charge in [0.1, 0.15) is 17.4 Å². The van der Waals surface area contributed by atoms with Gasteiger partial charge in [-0.15, -0.1) is 0 Å². The predicted molar refractivity (Wildman–Crippen MR) is 133 cm³/mol. The van der Waals surface area contributed by atoms with Crippen molar-refractivity contribution in [3.63, 3.8) is 0 Å². The molecule has 172 valence electrons. The van der Waals surface area contributed by atoms with Crippen LogP contribution in [0.25, 0.3) is 10.9 Å². The highest BCUT2D eigenvalue weighted by molar-refractivity contribution is 6.10. The Morgan fingerprint density at radius 2 is 1.82 bits per heavy atom. The summed E-state index contributed by atoms with van der Waals surface area (Å²) in [5.74, 6) is 2.21. The molecule has 8 nitrogen and oxygen atoms in total. The Bertz CT molecular complexity index is 1380. The Morgan fingerprint density at radius 3 is 2.56 bits per heavy atom. The van der Waals surface area contributed by atoms with Crippen molar-refractivity contribution in [3.8, 4) is 5.75 Å². The second-order valence-corrected chi connectivity index (χ2v) is 8.90. The van der Waals surface area contributed by atoms with E-state index in [0.29, 0.717) is 18.4 Å². The molecule has 0 spiro atoms. The lowest BCUT2D eigenvalue weighted by molar-refractivity contribution is 0.252. The molecule has 0 unspecified atom stereocenters. The van der Waals surface area contributed by atoms with E-state index in [9.17, 15) is 4.79 Å². The zero-order valence-corrected chi connectivity index (χ0v) is 19.2. The van der Waals surface area contributed by atoms with E-state index in [4.69, 9.17) is 9.72 Å². The Balaban J connectivity index is 1.43. The molecule has 1 saturated carbocycles. The maximum absolute atomic E-state index is 13.9. The number of benzene rings is 2. The molecule has 4 aromatic rings. The standard InChI is InChI=1S/C26H26N6O2/c1-30-15-18-14-21(9-12-23(18)29-30)31-16-17-6-13-24(27-19-4-3-5-19)28-25(17)32(26(31)33)20-7-10-22(34-2)11-8-20/h6-15,19H,3-5,16H2,1-2H3,(H,27,28). The second-order valence-electron chi connectivity index (χ2n) is 8.90. The van der Waals surface area contributed by atoms with Gasteiger partial charge >= 0.3 is 6.03 Å². The van der Waals surface area contributed by atoms with Crippen molar-refractivity contribution in [3.05, 3.63) is 66.4 Å². The first-order valence-corrected chi connectivity index (χ1v) is 11.5. The molecule has 1 fully saturated rings. The number of carbonyl (C=O) groups excluding carboxylic acids is 1. The average Bonchev–Trinajstić information content (AvgIpc) is 3.20. The van der Waals surface area contributed by atoms with Gasteiger partial charge in [-0.05, 0) is 73.9 Å². The summed E-state index contributed by atoms with van der Waals surface area (Å²) in [4.78, 5) is 22.3. The van der Waals surface area contributed by atoms with Crippen molar-refractivity contribution in [2.24, 2.45) is 7.05 Å². The highest BCUT2D eigenvalue weighted by Gasteiger charge is 2.34. The molecule has 1 aliphatic carbocycles. The van der Waals surface area contributed by atoms with Crippen LogP contribution in [-0.2, 0) is 13.6 Å². The van der Waals surface area contributed by atoms with Gasteiger partial charge in [0, 0.05) is 35.9 Å². The summed E-state index contributed by atoms with van der Waals surface area (Å²) in [6, 6.07) is 17.8. The number of urea groups is 1. The number of nitrogens with one attached hydrogen (secondary N) is 1. The van der Waals surface area contributed by atoms with Crippen LogP contribution in [0.15, 0.2) is 60.8 Å². The van der Waals surface area contributed by atoms with Crippen molar-refractivity contribution in [1.82, 2.24) is 14.8 Å². The number of amides is 2. The summed E-state index contributed by atoms with van der Waals surface area (Å²) in [7, 11) is 3.53. The number of anilines is 4. The Labute approximate surface area is 197 Å². The maximum Gasteiger partial charge on any atom is 0.335 e. The number of methoxy groups -OCH3 is 1. The number of rotatable bonds is 5. The molecule has 2 aromatic heterocycles. The van der Waals surface area contributed by atoms with Crippen LogP contribution in [0.3, 0.4) is 0 Å². The maximum atomic E-state index is 13.9. The van der Waals surface area contributed by atoms with Gasteiger partial charge < -0.3 is 10.1 Å². The molecule has 2 amide bonds. The number of nitrogens with zero attached hydrogens (tertiary/aromatic N) is 5. The summed E-state index contributed by atoms with van der Waals surface area (Å²) in [5.41, 5.74) is 3.45. The molecule has 34 heavy (non-hydrogen) atoms. The lowest BCUT2D eigenvalue weighted by atomic mass is 9.93. The molecule has 1 N–H and O–H groups in total. The average molecular weight is 455 g/mol. The second kappa shape index (κ2) is 8.06. The minimum absolute atomic E-state index is 0.144. The van der Waals surface area contributed by atoms with Crippen molar-refractivity contribution < 1.29 is 9.53 Å². The zero-order chi connectivity index (χ0) is 23.2. The summed E-state index contributed by atoms with van der Waals surface area (Å²) in [6.07, 6.45) is 5.52. The van der Waals surface area contributed by atoms with Crippen molar-refractivity contribution in [2.45, 2.75) is 31.8 Å². The highest BCUT2D eigenvalue weighted by atomic mass is 16.5. The van der Waals surface area contributed by atoms with Gasteiger partial charge in [0.25, 0.3) is 0 Å². The molecule has 0 radical (unpaired) electrons. The van der Waals surface area contributed by atoms with Gasteiger partial charge in [0.05, 0.1) is 24.9 Å². The van der Waals surface area contributed by atoms with E-state index in [1.807, 2.05) is 61.8 Å². The Hall–Kier alpha value is -4.07. The van der Waals surface area contributed by atoms with E-state index in [1.165, 1.54) is 6.42 Å². The van der Waals surface area contributed by atoms with E-state index in [0.717, 1.165) is 52.3 Å². The lowest BCUT2D eigenvalue weighted by Gasteiger charge is -2.37. The third-order valence-electron chi connectivity index (χ3n) is 6.62. The monoisotopic (exact) mass is 454 g/mol. The molecule has 1 aliphatic heterocycles. The quantitative estimate of drug-likeness (QED) is 0.448. The summed E-state index contributed by atoms with van der Waals surface area (Å²) < 4.78 is 7.10. The number of aryl methyl sites for hydroxylation is 1.